The molecule has 2 heterocycles. The lowest BCUT2D eigenvalue weighted by atomic mass is 9.96. The van der Waals surface area contributed by atoms with Crippen LogP contribution >= 0.6 is 12.2 Å². The third kappa shape index (κ3) is 12.1. The molecule has 10 atom stereocenters. The average molecular weight is 709 g/mol. The molecule has 0 aromatic rings. The van der Waals surface area contributed by atoms with E-state index in [2.05, 4.69) is 10.6 Å². The van der Waals surface area contributed by atoms with Gasteiger partial charge in [0, 0.05) is 55.6 Å². The molecule has 19 nitrogen and oxygen atoms in total. The number of carbonyl (C=O) groups excluding carboxylic acids is 7. The van der Waals surface area contributed by atoms with Crippen LogP contribution < -0.4 is 10.6 Å². The summed E-state index contributed by atoms with van der Waals surface area (Å²) in [6.45, 7) is 6.83. The molecule has 0 aromatic carbocycles. The van der Waals surface area contributed by atoms with Crippen molar-refractivity contribution < 1.29 is 80.9 Å². The maximum Gasteiger partial charge on any atom is 0.303 e. The second-order valence-corrected chi connectivity index (χ2v) is 10.9. The summed E-state index contributed by atoms with van der Waals surface area (Å²) in [7, 11) is 1.26. The summed E-state index contributed by atoms with van der Waals surface area (Å²) in [4.78, 5) is 83.7. The number of rotatable bonds is 12. The van der Waals surface area contributed by atoms with Gasteiger partial charge in [0.1, 0.15) is 31.5 Å². The maximum absolute atomic E-state index is 12.2. The van der Waals surface area contributed by atoms with Crippen LogP contribution in [0.1, 0.15) is 48.5 Å². The van der Waals surface area contributed by atoms with Gasteiger partial charge in [-0.15, -0.1) is 0 Å². The Balaban J connectivity index is 2.49. The Morgan fingerprint density at radius 2 is 0.938 bits per heavy atom. The van der Waals surface area contributed by atoms with Gasteiger partial charge in [-0.2, -0.15) is 0 Å². The zero-order valence-corrected chi connectivity index (χ0v) is 28.4. The van der Waals surface area contributed by atoms with Crippen LogP contribution in [-0.2, 0) is 80.9 Å². The summed E-state index contributed by atoms with van der Waals surface area (Å²) in [6.07, 6.45) is -12.2. The summed E-state index contributed by atoms with van der Waals surface area (Å²) in [5.41, 5.74) is 0. The number of thiocarbonyl (C=S) groups is 1. The third-order valence-electron chi connectivity index (χ3n) is 6.50. The molecule has 0 unspecified atom stereocenters. The van der Waals surface area contributed by atoms with Gasteiger partial charge in [-0.1, -0.05) is 0 Å². The third-order valence-corrected chi connectivity index (χ3v) is 6.73. The quantitative estimate of drug-likeness (QED) is 0.136. The fourth-order valence-corrected chi connectivity index (χ4v) is 5.18. The minimum absolute atomic E-state index is 0.274. The number of nitrogens with one attached hydrogen (secondary N) is 2. The monoisotopic (exact) mass is 708 g/mol. The highest BCUT2D eigenvalue weighted by Crippen LogP contribution is 2.30. The molecule has 270 valence electrons. The van der Waals surface area contributed by atoms with Crippen LogP contribution in [0.15, 0.2) is 0 Å². The molecule has 0 spiro atoms. The summed E-state index contributed by atoms with van der Waals surface area (Å²) >= 11 is 5.51. The van der Waals surface area contributed by atoms with E-state index in [0.717, 1.165) is 48.5 Å². The molecule has 2 rings (SSSR count). The van der Waals surface area contributed by atoms with Crippen LogP contribution in [0.3, 0.4) is 0 Å². The molecule has 0 bridgehead atoms. The molecular weight excluding hydrogens is 668 g/mol. The summed E-state index contributed by atoms with van der Waals surface area (Å²) in [5, 5.41) is 5.33. The van der Waals surface area contributed by atoms with Gasteiger partial charge in [-0.05, 0) is 12.2 Å². The SMILES string of the molecule is CO[C@@H]1O[C@H](COC(C)=O)[C@@H](OC(C)=O)[C@H](OC(C)=O)[C@H]1NC(=S)N[C@@H]1O[C@H](COC(C)=O)[C@@H](OC(C)=O)[C@H](OC(C)=O)[C@H]1OC(C)=O. The van der Waals surface area contributed by atoms with Crippen molar-refractivity contribution >= 4 is 59.1 Å². The minimum Gasteiger partial charge on any atom is -0.463 e. The second-order valence-electron chi connectivity index (χ2n) is 10.5. The fraction of sp³-hybridized carbons (Fsp3) is 0.714. The number of esters is 7. The van der Waals surface area contributed by atoms with Gasteiger partial charge >= 0.3 is 41.8 Å². The van der Waals surface area contributed by atoms with E-state index in [1.807, 2.05) is 0 Å². The Kier molecular flexibility index (Phi) is 15.4. The summed E-state index contributed by atoms with van der Waals surface area (Å²) < 4.78 is 54.6. The van der Waals surface area contributed by atoms with E-state index in [-0.39, 0.29) is 5.11 Å². The average Bonchev–Trinajstić information content (AvgIpc) is 2.95. The first-order chi connectivity index (χ1) is 22.4. The van der Waals surface area contributed by atoms with E-state index in [0.29, 0.717) is 0 Å². The molecule has 2 aliphatic rings. The molecule has 0 amide bonds. The number of ether oxygens (including phenoxy) is 10. The van der Waals surface area contributed by atoms with Crippen LogP contribution in [-0.4, -0.2) is 129 Å². The molecule has 0 radical (unpaired) electrons. The van der Waals surface area contributed by atoms with Crippen molar-refractivity contribution in [1.29, 1.82) is 0 Å². The first kappa shape index (κ1) is 40.0. The molecule has 2 N–H and O–H groups in total. The molecule has 0 saturated carbocycles. The van der Waals surface area contributed by atoms with Crippen LogP contribution in [0.5, 0.6) is 0 Å². The van der Waals surface area contributed by atoms with Crippen molar-refractivity contribution in [3.8, 4) is 0 Å². The zero-order chi connectivity index (χ0) is 36.3. The lowest BCUT2D eigenvalue weighted by Crippen LogP contribution is -2.70. The molecule has 48 heavy (non-hydrogen) atoms. The minimum atomic E-state index is -1.50. The van der Waals surface area contributed by atoms with Gasteiger partial charge in [0.2, 0.25) is 0 Å². The van der Waals surface area contributed by atoms with Gasteiger partial charge in [0.15, 0.2) is 48.2 Å². The highest BCUT2D eigenvalue weighted by atomic mass is 32.1. The zero-order valence-electron chi connectivity index (χ0n) is 27.5. The highest BCUT2D eigenvalue weighted by Gasteiger charge is 2.54. The number of hydrogen-bond donors (Lipinski definition) is 2. The first-order valence-electron chi connectivity index (χ1n) is 14.5. The predicted octanol–water partition coefficient (Wildman–Crippen LogP) is -1.30. The largest absolute Gasteiger partial charge is 0.463 e. The Morgan fingerprint density at radius 3 is 1.38 bits per heavy atom. The van der Waals surface area contributed by atoms with E-state index in [1.165, 1.54) is 7.11 Å². The molecule has 2 fully saturated rings. The van der Waals surface area contributed by atoms with Gasteiger partial charge in [-0.3, -0.25) is 33.6 Å². The van der Waals surface area contributed by atoms with Gasteiger partial charge in [-0.25, -0.2) is 0 Å². The van der Waals surface area contributed by atoms with Crippen LogP contribution in [0.4, 0.5) is 0 Å². The fourth-order valence-electron chi connectivity index (χ4n) is 4.92. The molecule has 2 aliphatic heterocycles. The Hall–Kier alpha value is -4.14. The summed E-state index contributed by atoms with van der Waals surface area (Å²) in [6, 6.07) is -1.21. The van der Waals surface area contributed by atoms with Gasteiger partial charge in [0.05, 0.1) is 0 Å². The first-order valence-corrected chi connectivity index (χ1v) is 14.9. The van der Waals surface area contributed by atoms with Crippen molar-refractivity contribution in [2.75, 3.05) is 20.3 Å². The van der Waals surface area contributed by atoms with E-state index in [1.54, 1.807) is 0 Å². The van der Waals surface area contributed by atoms with Crippen LogP contribution in [0.25, 0.3) is 0 Å². The second kappa shape index (κ2) is 18.4. The van der Waals surface area contributed by atoms with E-state index >= 15 is 0 Å². The molecule has 0 aliphatic carbocycles. The molecule has 20 heteroatoms. The van der Waals surface area contributed by atoms with Crippen LogP contribution in [0, 0.1) is 0 Å². The normalized spacial score (nSPS) is 29.6. The predicted molar refractivity (Wildman–Crippen MR) is 158 cm³/mol. The Morgan fingerprint density at radius 1 is 0.542 bits per heavy atom. The smallest absolute Gasteiger partial charge is 0.303 e. The van der Waals surface area contributed by atoms with Crippen molar-refractivity contribution in [3.63, 3.8) is 0 Å². The van der Waals surface area contributed by atoms with E-state index in [9.17, 15) is 33.6 Å². The van der Waals surface area contributed by atoms with Crippen molar-refractivity contribution in [1.82, 2.24) is 10.6 Å². The maximum atomic E-state index is 12.2. The van der Waals surface area contributed by atoms with Crippen molar-refractivity contribution in [2.45, 2.75) is 110 Å². The van der Waals surface area contributed by atoms with E-state index < -0.39 is 116 Å². The number of carbonyl (C=O) groups is 7. The lowest BCUT2D eigenvalue weighted by Gasteiger charge is -2.46. The van der Waals surface area contributed by atoms with Crippen molar-refractivity contribution in [3.05, 3.63) is 0 Å². The Labute approximate surface area is 280 Å². The highest BCUT2D eigenvalue weighted by molar-refractivity contribution is 7.80. The standard InChI is InChI=1S/C28H40N2O17S/c1-11(31)39-9-18-22(42-14(4)34)24(44-16(6)36)25(45-17(7)37)26(46-18)30-28(48)29-20-23(43-15(5)35)21(41-13(3)33)19(10-40-12(2)32)47-27(20)38-8/h18-27H,9-10H2,1-8H3,(H2,29,30,48)/t18-,19-,20-,21-,22-,23-,24+,25-,26-,27-/m1/s1. The van der Waals surface area contributed by atoms with Gasteiger partial charge < -0.3 is 58.0 Å². The van der Waals surface area contributed by atoms with Gasteiger partial charge in [0.25, 0.3) is 0 Å². The molecule has 2 saturated heterocycles. The summed E-state index contributed by atoms with van der Waals surface area (Å²) in [5.74, 6) is -5.42. The molecular formula is C28H40N2O17S. The van der Waals surface area contributed by atoms with E-state index in [4.69, 9.17) is 59.6 Å². The molecule has 0 aromatic heterocycles. The Bertz CT molecular complexity index is 1230. The van der Waals surface area contributed by atoms with Crippen molar-refractivity contribution in [2.24, 2.45) is 0 Å². The lowest BCUT2D eigenvalue weighted by molar-refractivity contribution is -0.270. The topological polar surface area (TPSA) is 236 Å². The number of hydrogen-bond acceptors (Lipinski definition) is 18. The number of methoxy groups -OCH3 is 1. The van der Waals surface area contributed by atoms with Crippen LogP contribution in [0.2, 0.25) is 0 Å².